The zero-order valence-electron chi connectivity index (χ0n) is 12.0. The Morgan fingerprint density at radius 1 is 1.41 bits per heavy atom. The van der Waals surface area contributed by atoms with Crippen molar-refractivity contribution in [2.24, 2.45) is 0 Å². The van der Waals surface area contributed by atoms with Gasteiger partial charge in [0, 0.05) is 12.6 Å². The minimum atomic E-state index is -1.22. The van der Waals surface area contributed by atoms with E-state index < -0.39 is 12.1 Å². The number of nitrogens with one attached hydrogen (secondary N) is 1. The number of nitrogens with zero attached hydrogens (tertiary/aromatic N) is 1. The van der Waals surface area contributed by atoms with Gasteiger partial charge in [0.2, 0.25) is 5.56 Å². The number of carbonyl (C=O) groups is 1. The van der Waals surface area contributed by atoms with Gasteiger partial charge in [0.25, 0.3) is 0 Å². The molecule has 0 aliphatic carbocycles. The van der Waals surface area contributed by atoms with Crippen molar-refractivity contribution in [3.8, 4) is 0 Å². The van der Waals surface area contributed by atoms with Gasteiger partial charge in [0.05, 0.1) is 30.6 Å². The topological polar surface area (TPSA) is 62.4 Å². The van der Waals surface area contributed by atoms with Crippen molar-refractivity contribution < 1.29 is 13.9 Å². The van der Waals surface area contributed by atoms with Crippen molar-refractivity contribution in [3.05, 3.63) is 63.6 Å². The Morgan fingerprint density at radius 2 is 2.23 bits per heavy atom. The number of aromatic nitrogens is 1. The molecule has 2 aromatic rings. The maximum absolute atomic E-state index is 14.0. The van der Waals surface area contributed by atoms with Gasteiger partial charge in [-0.15, -0.1) is 0 Å². The summed E-state index contributed by atoms with van der Waals surface area (Å²) in [4.78, 5) is 27.2. The molecule has 1 aromatic heterocycles. The van der Waals surface area contributed by atoms with E-state index in [9.17, 15) is 14.0 Å². The highest BCUT2D eigenvalue weighted by atomic mass is 19.1. The van der Waals surface area contributed by atoms with Gasteiger partial charge in [-0.2, -0.15) is 0 Å². The predicted molar refractivity (Wildman–Crippen MR) is 79.7 cm³/mol. The molecule has 0 fully saturated rings. The normalized spacial score (nSPS) is 16.5. The van der Waals surface area contributed by atoms with E-state index in [0.29, 0.717) is 23.5 Å². The van der Waals surface area contributed by atoms with Gasteiger partial charge in [-0.25, -0.2) is 9.18 Å². The number of esters is 1. The van der Waals surface area contributed by atoms with Crippen molar-refractivity contribution in [3.63, 3.8) is 0 Å². The van der Waals surface area contributed by atoms with Crippen LogP contribution in [0.4, 0.5) is 10.1 Å². The number of halogens is 1. The highest BCUT2D eigenvalue weighted by Gasteiger charge is 2.29. The van der Waals surface area contributed by atoms with E-state index in [1.807, 2.05) is 11.0 Å². The van der Waals surface area contributed by atoms with Gasteiger partial charge >= 0.3 is 5.97 Å². The lowest BCUT2D eigenvalue weighted by molar-refractivity contribution is 0.0600. The molecule has 2 heterocycles. The summed E-state index contributed by atoms with van der Waals surface area (Å²) in [5.74, 6) is -0.406. The number of ether oxygens (including phenoxy) is 1. The SMILES string of the molecule is COC(=O)c1cccc(CN2CC(F)c3[nH]c(=O)ccc32)c1. The molecule has 22 heavy (non-hydrogen) atoms. The molecular weight excluding hydrogens is 287 g/mol. The number of fused-ring (bicyclic) bond motifs is 1. The lowest BCUT2D eigenvalue weighted by atomic mass is 10.1. The van der Waals surface area contributed by atoms with Crippen LogP contribution in [-0.2, 0) is 11.3 Å². The van der Waals surface area contributed by atoms with Crippen LogP contribution in [-0.4, -0.2) is 24.6 Å². The third-order valence-electron chi connectivity index (χ3n) is 3.68. The summed E-state index contributed by atoms with van der Waals surface area (Å²) >= 11 is 0. The number of methoxy groups -OCH3 is 1. The van der Waals surface area contributed by atoms with Crippen molar-refractivity contribution >= 4 is 11.7 Å². The number of hydrogen-bond donors (Lipinski definition) is 1. The van der Waals surface area contributed by atoms with Crippen molar-refractivity contribution in [1.29, 1.82) is 0 Å². The van der Waals surface area contributed by atoms with Crippen LogP contribution in [0.25, 0.3) is 0 Å². The van der Waals surface area contributed by atoms with Gasteiger partial charge in [0.1, 0.15) is 0 Å². The van der Waals surface area contributed by atoms with Crippen molar-refractivity contribution in [2.75, 3.05) is 18.6 Å². The summed E-state index contributed by atoms with van der Waals surface area (Å²) in [6, 6.07) is 10.0. The summed E-state index contributed by atoms with van der Waals surface area (Å²) in [7, 11) is 1.33. The number of benzene rings is 1. The first-order valence-electron chi connectivity index (χ1n) is 6.88. The highest BCUT2D eigenvalue weighted by Crippen LogP contribution is 2.35. The molecule has 1 aliphatic heterocycles. The highest BCUT2D eigenvalue weighted by molar-refractivity contribution is 5.89. The molecule has 1 N–H and O–H groups in total. The Hall–Kier alpha value is -2.63. The standard InChI is InChI=1S/C16H15FN2O3/c1-22-16(21)11-4-2-3-10(7-11)8-19-9-12(17)15-13(19)5-6-14(20)18-15/h2-7,12H,8-9H2,1H3,(H,18,20). The number of anilines is 1. The molecule has 1 aromatic carbocycles. The molecule has 0 saturated carbocycles. The van der Waals surface area contributed by atoms with E-state index in [1.165, 1.54) is 13.2 Å². The monoisotopic (exact) mass is 302 g/mol. The molecule has 0 bridgehead atoms. The maximum atomic E-state index is 14.0. The smallest absolute Gasteiger partial charge is 0.337 e. The van der Waals surface area contributed by atoms with Crippen LogP contribution >= 0.6 is 0 Å². The van der Waals surface area contributed by atoms with E-state index in [1.54, 1.807) is 24.3 Å². The summed E-state index contributed by atoms with van der Waals surface area (Å²) in [6.45, 7) is 0.627. The summed E-state index contributed by atoms with van der Waals surface area (Å²) in [5, 5.41) is 0. The molecule has 1 unspecified atom stereocenters. The number of rotatable bonds is 3. The summed E-state index contributed by atoms with van der Waals surface area (Å²) in [6.07, 6.45) is -1.22. The van der Waals surface area contributed by atoms with Gasteiger partial charge < -0.3 is 14.6 Å². The van der Waals surface area contributed by atoms with Crippen molar-refractivity contribution in [1.82, 2.24) is 4.98 Å². The van der Waals surface area contributed by atoms with Gasteiger partial charge in [0.15, 0.2) is 6.17 Å². The number of H-pyrrole nitrogens is 1. The number of alkyl halides is 1. The quantitative estimate of drug-likeness (QED) is 0.883. The molecule has 0 spiro atoms. The zero-order valence-corrected chi connectivity index (χ0v) is 12.0. The van der Waals surface area contributed by atoms with Crippen LogP contribution in [0.2, 0.25) is 0 Å². The number of hydrogen-bond acceptors (Lipinski definition) is 4. The second-order valence-corrected chi connectivity index (χ2v) is 5.16. The fourth-order valence-corrected chi connectivity index (χ4v) is 2.67. The zero-order chi connectivity index (χ0) is 15.7. The Balaban J connectivity index is 1.86. The van der Waals surface area contributed by atoms with Gasteiger partial charge in [-0.3, -0.25) is 4.79 Å². The van der Waals surface area contributed by atoms with E-state index in [0.717, 1.165) is 5.56 Å². The van der Waals surface area contributed by atoms with Crippen LogP contribution in [0.15, 0.2) is 41.2 Å². The Morgan fingerprint density at radius 3 is 3.00 bits per heavy atom. The lowest BCUT2D eigenvalue weighted by Gasteiger charge is -2.19. The molecule has 1 atom stereocenters. The van der Waals surface area contributed by atoms with Crippen LogP contribution < -0.4 is 10.5 Å². The summed E-state index contributed by atoms with van der Waals surface area (Å²) in [5.41, 5.74) is 2.01. The average Bonchev–Trinajstić information content (AvgIpc) is 2.82. The van der Waals surface area contributed by atoms with E-state index in [4.69, 9.17) is 4.74 Å². The maximum Gasteiger partial charge on any atom is 0.337 e. The number of aromatic amines is 1. The van der Waals surface area contributed by atoms with Crippen molar-refractivity contribution in [2.45, 2.75) is 12.7 Å². The molecule has 0 radical (unpaired) electrons. The fraction of sp³-hybridized carbons (Fsp3) is 0.250. The number of pyridine rings is 1. The lowest BCUT2D eigenvalue weighted by Crippen LogP contribution is -2.20. The van der Waals surface area contributed by atoms with E-state index in [-0.39, 0.29) is 12.1 Å². The predicted octanol–water partition coefficient (Wildman–Crippen LogP) is 2.19. The van der Waals surface area contributed by atoms with E-state index in [2.05, 4.69) is 4.98 Å². The first kappa shape index (κ1) is 14.3. The molecule has 5 nitrogen and oxygen atoms in total. The van der Waals surface area contributed by atoms with Crippen LogP contribution in [0, 0.1) is 0 Å². The average molecular weight is 302 g/mol. The Labute approximate surface area is 126 Å². The van der Waals surface area contributed by atoms with Crippen LogP contribution in [0.1, 0.15) is 27.8 Å². The Kier molecular flexibility index (Phi) is 3.66. The molecule has 0 saturated heterocycles. The second-order valence-electron chi connectivity index (χ2n) is 5.16. The molecule has 1 aliphatic rings. The molecule has 6 heteroatoms. The first-order chi connectivity index (χ1) is 10.6. The summed E-state index contributed by atoms with van der Waals surface area (Å²) < 4.78 is 18.7. The third-order valence-corrected chi connectivity index (χ3v) is 3.68. The minimum Gasteiger partial charge on any atom is -0.465 e. The molecule has 3 rings (SSSR count). The third kappa shape index (κ3) is 2.59. The van der Waals surface area contributed by atoms with E-state index >= 15 is 0 Å². The largest absolute Gasteiger partial charge is 0.465 e. The molecule has 0 amide bonds. The number of carbonyl (C=O) groups excluding carboxylic acids is 1. The van der Waals surface area contributed by atoms with Gasteiger partial charge in [-0.1, -0.05) is 12.1 Å². The fourth-order valence-electron chi connectivity index (χ4n) is 2.67. The van der Waals surface area contributed by atoms with Crippen LogP contribution in [0.5, 0.6) is 0 Å². The molecule has 114 valence electrons. The Bertz CT molecular complexity index is 772. The first-order valence-corrected chi connectivity index (χ1v) is 6.88. The molecular formula is C16H15FN2O3. The van der Waals surface area contributed by atoms with Crippen LogP contribution in [0.3, 0.4) is 0 Å². The second kappa shape index (κ2) is 5.63. The minimum absolute atomic E-state index is 0.178. The van der Waals surface area contributed by atoms with Gasteiger partial charge in [-0.05, 0) is 23.8 Å².